The van der Waals surface area contributed by atoms with E-state index in [9.17, 15) is 4.79 Å². The molecule has 62 valence electrons. The van der Waals surface area contributed by atoms with Crippen molar-refractivity contribution in [2.45, 2.75) is 25.1 Å². The first-order valence-corrected chi connectivity index (χ1v) is 5.54. The molecule has 0 atom stereocenters. The Labute approximate surface area is 72.9 Å². The number of unbranched alkanes of at least 4 members (excludes halogenated alkanes) is 1. The van der Waals surface area contributed by atoms with Crippen LogP contribution in [0, 0.1) is 10.2 Å². The minimum atomic E-state index is -0.236. The first-order chi connectivity index (χ1) is 5.31. The van der Waals surface area contributed by atoms with E-state index < -0.39 is 0 Å². The van der Waals surface area contributed by atoms with Crippen LogP contribution < -0.4 is 0 Å². The molecule has 0 N–H and O–H groups in total. The molecular weight excluding hydrogens is 209 g/mol. The third-order valence-corrected chi connectivity index (χ3v) is 2.08. The van der Waals surface area contributed by atoms with E-state index in [1.165, 1.54) is 0 Å². The van der Waals surface area contributed by atoms with E-state index in [1.54, 1.807) is 0 Å². The Morgan fingerprint density at radius 1 is 1.73 bits per heavy atom. The average molecular weight is 220 g/mol. The van der Waals surface area contributed by atoms with Crippen molar-refractivity contribution in [1.29, 1.82) is 5.26 Å². The number of ether oxygens (including phenoxy) is 1. The van der Waals surface area contributed by atoms with E-state index in [1.807, 2.05) is 11.9 Å². The van der Waals surface area contributed by atoms with Crippen molar-refractivity contribution in [2.24, 2.45) is 0 Å². The molecule has 0 unspecified atom stereocenters. The molecule has 0 saturated heterocycles. The summed E-state index contributed by atoms with van der Waals surface area (Å²) in [5.41, 5.74) is 0. The van der Waals surface area contributed by atoms with Gasteiger partial charge in [-0.05, 0) is 0 Å². The van der Waals surface area contributed by atoms with Gasteiger partial charge in [0, 0.05) is 0 Å². The zero-order chi connectivity index (χ0) is 8.53. The molecule has 11 heavy (non-hydrogen) atoms. The van der Waals surface area contributed by atoms with Crippen molar-refractivity contribution in [3.05, 3.63) is 0 Å². The summed E-state index contributed by atoms with van der Waals surface area (Å²) in [6.45, 7) is 2.53. The van der Waals surface area contributed by atoms with Crippen LogP contribution in [0.2, 0.25) is 5.32 Å². The zero-order valence-electron chi connectivity index (χ0n) is 6.50. The van der Waals surface area contributed by atoms with Gasteiger partial charge in [0.05, 0.1) is 0 Å². The van der Waals surface area contributed by atoms with E-state index >= 15 is 0 Å². The van der Waals surface area contributed by atoms with Gasteiger partial charge in [-0.1, -0.05) is 0 Å². The van der Waals surface area contributed by atoms with Crippen molar-refractivity contribution < 1.29 is 9.53 Å². The van der Waals surface area contributed by atoms with Crippen LogP contribution in [-0.2, 0) is 9.53 Å². The fraction of sp³-hybridized carbons (Fsp3) is 0.714. The fourth-order valence-corrected chi connectivity index (χ4v) is 1.02. The molecule has 4 heteroatoms. The Hall–Kier alpha value is -0.521. The summed E-state index contributed by atoms with van der Waals surface area (Å²) in [6.07, 6.45) is 1.93. The predicted octanol–water partition coefficient (Wildman–Crippen LogP) is 0.933. The van der Waals surface area contributed by atoms with E-state index in [-0.39, 0.29) is 26.2 Å². The van der Waals surface area contributed by atoms with Crippen LogP contribution in [0.4, 0.5) is 0 Å². The topological polar surface area (TPSA) is 50.1 Å². The number of carbonyl (C=O) groups is 1. The van der Waals surface area contributed by atoms with Gasteiger partial charge in [-0.25, -0.2) is 0 Å². The van der Waals surface area contributed by atoms with Gasteiger partial charge in [-0.15, -0.1) is 0 Å². The molecule has 0 spiro atoms. The van der Waals surface area contributed by atoms with Crippen molar-refractivity contribution in [1.82, 2.24) is 0 Å². The SMILES string of the molecule is CCCCOC(=O)C[Se]C#N. The molecule has 0 aromatic heterocycles. The van der Waals surface area contributed by atoms with Crippen molar-refractivity contribution in [3.8, 4) is 4.97 Å². The van der Waals surface area contributed by atoms with E-state index in [0.29, 0.717) is 6.61 Å². The Morgan fingerprint density at radius 2 is 2.45 bits per heavy atom. The maximum atomic E-state index is 10.7. The minimum absolute atomic E-state index is 0.233. The summed E-state index contributed by atoms with van der Waals surface area (Å²) in [7, 11) is 0. The monoisotopic (exact) mass is 221 g/mol. The molecular formula is C7H11NO2Se. The van der Waals surface area contributed by atoms with Gasteiger partial charge in [0.2, 0.25) is 0 Å². The van der Waals surface area contributed by atoms with Gasteiger partial charge in [0.25, 0.3) is 0 Å². The normalized spacial score (nSPS) is 8.73. The van der Waals surface area contributed by atoms with Crippen molar-refractivity contribution >= 4 is 20.9 Å². The van der Waals surface area contributed by atoms with Crippen LogP contribution >= 0.6 is 0 Å². The molecule has 0 fully saturated rings. The average Bonchev–Trinajstić information content (AvgIpc) is 2.01. The third-order valence-electron chi connectivity index (χ3n) is 1.02. The van der Waals surface area contributed by atoms with E-state index in [0.717, 1.165) is 12.8 Å². The molecule has 0 aromatic rings. The second-order valence-electron chi connectivity index (χ2n) is 1.95. The zero-order valence-corrected chi connectivity index (χ0v) is 8.21. The summed E-state index contributed by atoms with van der Waals surface area (Å²) in [4.78, 5) is 12.7. The number of hydrogen-bond acceptors (Lipinski definition) is 3. The summed E-state index contributed by atoms with van der Waals surface area (Å²) in [6, 6.07) is 0. The molecule has 0 radical (unpaired) electrons. The summed E-state index contributed by atoms with van der Waals surface area (Å²) in [5.74, 6) is -0.236. The van der Waals surface area contributed by atoms with Crippen LogP contribution in [-0.4, -0.2) is 27.5 Å². The second kappa shape index (κ2) is 7.58. The van der Waals surface area contributed by atoms with Gasteiger partial charge < -0.3 is 0 Å². The number of carbonyl (C=O) groups excluding carboxylic acids is 1. The fourth-order valence-electron chi connectivity index (χ4n) is 0.463. The molecule has 0 aliphatic carbocycles. The van der Waals surface area contributed by atoms with Crippen LogP contribution in [0.25, 0.3) is 0 Å². The quantitative estimate of drug-likeness (QED) is 0.393. The third kappa shape index (κ3) is 7.38. The molecule has 3 nitrogen and oxygen atoms in total. The molecule has 0 bridgehead atoms. The molecule has 0 rings (SSSR count). The molecule has 0 aliphatic rings. The molecule has 0 heterocycles. The van der Waals surface area contributed by atoms with Gasteiger partial charge >= 0.3 is 72.4 Å². The van der Waals surface area contributed by atoms with Gasteiger partial charge in [-0.3, -0.25) is 0 Å². The Morgan fingerprint density at radius 3 is 3.00 bits per heavy atom. The molecule has 0 aromatic carbocycles. The molecule has 0 aliphatic heterocycles. The van der Waals surface area contributed by atoms with Crippen LogP contribution in [0.15, 0.2) is 0 Å². The molecule has 0 amide bonds. The van der Waals surface area contributed by atoms with Crippen LogP contribution in [0.1, 0.15) is 19.8 Å². The Balaban J connectivity index is 3.17. The standard InChI is InChI=1S/C7H11NO2Se/c1-2-3-4-10-7(9)5-11-6-8/h2-5H2,1H3. The van der Waals surface area contributed by atoms with E-state index in [4.69, 9.17) is 10.00 Å². The first-order valence-electron chi connectivity index (χ1n) is 3.47. The maximum absolute atomic E-state index is 10.7. The number of nitrogens with zero attached hydrogens (tertiary/aromatic N) is 1. The number of nitriles is 1. The van der Waals surface area contributed by atoms with Crippen LogP contribution in [0.3, 0.4) is 0 Å². The van der Waals surface area contributed by atoms with Gasteiger partial charge in [-0.2, -0.15) is 0 Å². The summed E-state index contributed by atoms with van der Waals surface area (Å²) >= 11 is -0.233. The van der Waals surface area contributed by atoms with Crippen molar-refractivity contribution in [3.63, 3.8) is 0 Å². The summed E-state index contributed by atoms with van der Waals surface area (Å²) in [5, 5.41) is 8.44. The number of rotatable bonds is 5. The second-order valence-corrected chi connectivity index (χ2v) is 3.55. The predicted molar refractivity (Wildman–Crippen MR) is 42.0 cm³/mol. The van der Waals surface area contributed by atoms with Gasteiger partial charge in [0.1, 0.15) is 0 Å². The van der Waals surface area contributed by atoms with Crippen LogP contribution in [0.5, 0.6) is 0 Å². The number of hydrogen-bond donors (Lipinski definition) is 0. The Bertz CT molecular complexity index is 153. The van der Waals surface area contributed by atoms with Gasteiger partial charge in [0.15, 0.2) is 0 Å². The Kier molecular flexibility index (Phi) is 7.23. The summed E-state index contributed by atoms with van der Waals surface area (Å²) < 4.78 is 4.81. The number of esters is 1. The van der Waals surface area contributed by atoms with E-state index in [2.05, 4.69) is 0 Å². The molecule has 0 saturated carbocycles. The van der Waals surface area contributed by atoms with Crippen molar-refractivity contribution in [2.75, 3.05) is 6.61 Å². The first kappa shape index (κ1) is 10.5.